The Morgan fingerprint density at radius 3 is 2.68 bits per heavy atom. The van der Waals surface area contributed by atoms with Gasteiger partial charge in [-0.1, -0.05) is 5.10 Å². The molecule has 0 bridgehead atoms. The summed E-state index contributed by atoms with van der Waals surface area (Å²) in [6.07, 6.45) is 0. The molecule has 0 saturated heterocycles. The summed E-state index contributed by atoms with van der Waals surface area (Å²) < 4.78 is 14.3. The lowest BCUT2D eigenvalue weighted by Crippen LogP contribution is -2.68. The second-order valence-corrected chi connectivity index (χ2v) is 4.60. The molecule has 0 saturated carbocycles. The van der Waals surface area contributed by atoms with E-state index in [4.69, 9.17) is 11.1 Å². The fourth-order valence-electron chi connectivity index (χ4n) is 1.59. The average molecular weight is 276 g/mol. The van der Waals surface area contributed by atoms with Gasteiger partial charge in [0.2, 0.25) is 0 Å². The molecule has 1 aromatic rings. The summed E-state index contributed by atoms with van der Waals surface area (Å²) in [5.41, 5.74) is 7.10. The first-order valence-electron chi connectivity index (χ1n) is 5.33. The fraction of sp³-hybridized carbons (Fsp3) is 0. The van der Waals surface area contributed by atoms with Gasteiger partial charge >= 0.3 is 16.7 Å². The number of fused-ring (bicyclic) bond motifs is 1. The summed E-state index contributed by atoms with van der Waals surface area (Å²) in [5.74, 6) is -0.193. The highest BCUT2D eigenvalue weighted by Gasteiger charge is 2.25. The molecule has 0 radical (unpaired) electrons. The molecule has 0 amide bonds. The van der Waals surface area contributed by atoms with Gasteiger partial charge in [0.15, 0.2) is 0 Å². The molecule has 0 unspecified atom stereocenters. The molecule has 2 heterocycles. The summed E-state index contributed by atoms with van der Waals surface area (Å²) in [4.78, 5) is 7.87. The fourth-order valence-corrected chi connectivity index (χ4v) is 2.37. The molecule has 0 spiro atoms. The lowest BCUT2D eigenvalue weighted by atomic mass is 10.2. The van der Waals surface area contributed by atoms with E-state index in [0.717, 1.165) is 5.56 Å². The lowest BCUT2D eigenvalue weighted by Gasteiger charge is -1.99. The molecular weight excluding hydrogens is 267 g/mol. The maximum Gasteiger partial charge on any atom is 0.518 e. The monoisotopic (exact) mass is 276 g/mol. The molecule has 8 heteroatoms. The van der Waals surface area contributed by atoms with E-state index in [2.05, 4.69) is 15.1 Å². The maximum absolute atomic E-state index is 12.9. The molecule has 0 atom stereocenters. The van der Waals surface area contributed by atoms with Gasteiger partial charge in [-0.3, -0.25) is 0 Å². The number of aromatic nitrogens is 4. The van der Waals surface area contributed by atoms with Crippen molar-refractivity contribution in [2.45, 2.75) is 0 Å². The first-order valence-corrected chi connectivity index (χ1v) is 6.21. The summed E-state index contributed by atoms with van der Waals surface area (Å²) in [6, 6.07) is 6.04. The Hall–Kier alpha value is -2.48. The van der Waals surface area contributed by atoms with Crippen LogP contribution in [0.2, 0.25) is 0 Å². The Morgan fingerprint density at radius 2 is 1.95 bits per heavy atom. The van der Waals surface area contributed by atoms with Gasteiger partial charge in [-0.2, -0.15) is 0 Å². The van der Waals surface area contributed by atoms with E-state index >= 15 is 0 Å². The van der Waals surface area contributed by atoms with Crippen molar-refractivity contribution >= 4 is 17.3 Å². The van der Waals surface area contributed by atoms with Gasteiger partial charge in [0, 0.05) is 15.9 Å². The number of hydrogen-bond donors (Lipinski definition) is 2. The predicted molar refractivity (Wildman–Crippen MR) is 65.3 cm³/mol. The van der Waals surface area contributed by atoms with Gasteiger partial charge in [0.25, 0.3) is 0 Å². The van der Waals surface area contributed by atoms with Gasteiger partial charge in [0.1, 0.15) is 11.5 Å². The van der Waals surface area contributed by atoms with Crippen molar-refractivity contribution < 1.29 is 14.5 Å². The molecule has 2 aliphatic rings. The third kappa shape index (κ3) is 2.13. The van der Waals surface area contributed by atoms with Crippen LogP contribution in [0.15, 0.2) is 29.6 Å². The first kappa shape index (κ1) is 11.6. The average Bonchev–Trinajstić information content (AvgIpc) is 2.39. The zero-order valence-corrected chi connectivity index (χ0v) is 10.4. The standard InChI is InChI=1S/C11H8FN6S/c12-7-3-1-6(2-4-7)8-5-19-11-16-9(13)15-10(14)18(11)17-8/h1-5H,(H3,13,14,15)/q+1/p+1. The SMILES string of the molecule is Nc1nc2scc(-c3ccc(F)cc3)n[n+]-2c(=[NH2+])n1. The molecule has 0 aromatic heterocycles. The zero-order valence-electron chi connectivity index (χ0n) is 9.62. The largest absolute Gasteiger partial charge is 0.518 e. The first-order chi connectivity index (χ1) is 9.13. The maximum atomic E-state index is 12.9. The molecule has 4 N–H and O–H groups in total. The smallest absolute Gasteiger partial charge is 0.324 e. The van der Waals surface area contributed by atoms with Gasteiger partial charge in [-0.05, 0) is 40.3 Å². The second-order valence-electron chi connectivity index (χ2n) is 3.76. The molecule has 94 valence electrons. The van der Waals surface area contributed by atoms with Gasteiger partial charge in [-0.25, -0.2) is 9.80 Å². The van der Waals surface area contributed by atoms with E-state index in [-0.39, 0.29) is 17.4 Å². The number of hydrogen-bond acceptors (Lipinski definition) is 5. The molecular formula is C11H9FN6S+2. The minimum Gasteiger partial charge on any atom is -0.324 e. The molecule has 1 aromatic carbocycles. The van der Waals surface area contributed by atoms with Crippen molar-refractivity contribution in [3.05, 3.63) is 41.1 Å². The van der Waals surface area contributed by atoms with Crippen molar-refractivity contribution in [1.82, 2.24) is 15.1 Å². The highest BCUT2D eigenvalue weighted by Crippen LogP contribution is 2.18. The predicted octanol–water partition coefficient (Wildman–Crippen LogP) is -1.30. The zero-order chi connectivity index (χ0) is 13.4. The Labute approximate surface area is 110 Å². The highest BCUT2D eigenvalue weighted by atomic mass is 32.1. The molecule has 3 rings (SSSR count). The van der Waals surface area contributed by atoms with E-state index in [9.17, 15) is 4.39 Å². The number of nitrogens with two attached hydrogens (primary N) is 2. The van der Waals surface area contributed by atoms with Gasteiger partial charge in [0.05, 0.1) is 4.98 Å². The van der Waals surface area contributed by atoms with Crippen LogP contribution in [0.3, 0.4) is 0 Å². The van der Waals surface area contributed by atoms with Crippen molar-refractivity contribution in [2.75, 3.05) is 5.73 Å². The summed E-state index contributed by atoms with van der Waals surface area (Å²) in [5, 5.41) is 12.4. The second kappa shape index (κ2) is 4.32. The highest BCUT2D eigenvalue weighted by molar-refractivity contribution is 7.11. The minimum absolute atomic E-state index is 0.102. The topological polar surface area (TPSA) is 94.2 Å². The van der Waals surface area contributed by atoms with Crippen LogP contribution in [0.4, 0.5) is 10.3 Å². The quantitative estimate of drug-likeness (QED) is 0.540. The van der Waals surface area contributed by atoms with E-state index < -0.39 is 0 Å². The third-order valence-electron chi connectivity index (χ3n) is 2.46. The van der Waals surface area contributed by atoms with Crippen LogP contribution >= 0.6 is 11.3 Å². The van der Waals surface area contributed by atoms with Crippen LogP contribution in [-0.2, 0) is 0 Å². The van der Waals surface area contributed by atoms with Crippen LogP contribution in [0.25, 0.3) is 16.4 Å². The van der Waals surface area contributed by atoms with E-state index in [1.165, 1.54) is 28.2 Å². The Balaban J connectivity index is 2.20. The molecule has 19 heavy (non-hydrogen) atoms. The van der Waals surface area contributed by atoms with Crippen molar-refractivity contribution in [1.29, 1.82) is 0 Å². The molecule has 0 aliphatic carbocycles. The van der Waals surface area contributed by atoms with Gasteiger partial charge in [-0.15, -0.1) is 0 Å². The number of benzene rings is 1. The van der Waals surface area contributed by atoms with E-state index in [1.807, 2.05) is 0 Å². The summed E-state index contributed by atoms with van der Waals surface area (Å²) >= 11 is 1.33. The molecule has 6 nitrogen and oxygen atoms in total. The summed E-state index contributed by atoms with van der Waals surface area (Å²) in [6.45, 7) is 0. The Morgan fingerprint density at radius 1 is 1.21 bits per heavy atom. The van der Waals surface area contributed by atoms with E-state index in [0.29, 0.717) is 10.8 Å². The minimum atomic E-state index is -0.295. The van der Waals surface area contributed by atoms with Crippen molar-refractivity contribution in [3.8, 4) is 16.4 Å². The van der Waals surface area contributed by atoms with E-state index in [1.54, 1.807) is 17.5 Å². The number of halogens is 1. The van der Waals surface area contributed by atoms with Crippen LogP contribution in [-0.4, -0.2) is 15.1 Å². The van der Waals surface area contributed by atoms with Gasteiger partial charge < -0.3 is 5.73 Å². The summed E-state index contributed by atoms with van der Waals surface area (Å²) in [7, 11) is 0. The lowest BCUT2D eigenvalue weighted by molar-refractivity contribution is -0.708. The van der Waals surface area contributed by atoms with Crippen LogP contribution in [0.1, 0.15) is 0 Å². The Kier molecular flexibility index (Phi) is 2.64. The van der Waals surface area contributed by atoms with Crippen LogP contribution in [0.5, 0.6) is 0 Å². The normalized spacial score (nSPS) is 10.8. The molecule has 2 aliphatic heterocycles. The van der Waals surface area contributed by atoms with Crippen LogP contribution in [0, 0.1) is 5.82 Å². The number of nitrogen functional groups attached to an aromatic ring is 1. The number of rotatable bonds is 1. The van der Waals surface area contributed by atoms with Crippen molar-refractivity contribution in [2.24, 2.45) is 0 Å². The van der Waals surface area contributed by atoms with Crippen molar-refractivity contribution in [3.63, 3.8) is 0 Å². The number of anilines is 1. The number of nitrogens with zero attached hydrogens (tertiary/aromatic N) is 4. The Bertz CT molecular complexity index is 769. The third-order valence-corrected chi connectivity index (χ3v) is 3.28. The molecule has 0 fully saturated rings. The van der Waals surface area contributed by atoms with Crippen LogP contribution < -0.4 is 21.4 Å².